The Morgan fingerprint density at radius 1 is 0.958 bits per heavy atom. The number of Topliss-reactive ketones (excluding diaryl/α,β-unsaturated/α-hetero) is 1. The summed E-state index contributed by atoms with van der Waals surface area (Å²) in [5.74, 6) is -0.466. The van der Waals surface area contributed by atoms with Crippen LogP contribution in [0.2, 0.25) is 0 Å². The normalized spacial score (nSPS) is 14.4. The number of nitrogens with one attached hydrogen (secondary N) is 1. The molecule has 0 saturated heterocycles. The van der Waals surface area contributed by atoms with Crippen molar-refractivity contribution >= 4 is 11.8 Å². The van der Waals surface area contributed by atoms with Gasteiger partial charge in [0.2, 0.25) is 0 Å². The molecule has 4 nitrogen and oxygen atoms in total. The van der Waals surface area contributed by atoms with Crippen molar-refractivity contribution in [2.24, 2.45) is 0 Å². The first-order chi connectivity index (χ1) is 11.7. The standard InChI is InChI=1S/C20H19NO3/c22-18-13-7-12-17(21-14-15-8-3-1-4-9-15)19(18)24-20(23)16-10-5-2-6-11-16/h1-6,8-11,21H,7,12-14H2. The molecule has 0 spiro atoms. The Labute approximate surface area is 141 Å². The predicted octanol–water partition coefficient (Wildman–Crippen LogP) is 3.60. The monoisotopic (exact) mass is 321 g/mol. The van der Waals surface area contributed by atoms with Crippen LogP contribution in [0.5, 0.6) is 0 Å². The van der Waals surface area contributed by atoms with Crippen molar-refractivity contribution < 1.29 is 14.3 Å². The molecule has 0 heterocycles. The molecule has 3 rings (SSSR count). The van der Waals surface area contributed by atoms with Crippen LogP contribution >= 0.6 is 0 Å². The summed E-state index contributed by atoms with van der Waals surface area (Å²) >= 11 is 0. The first-order valence-electron chi connectivity index (χ1n) is 8.05. The number of benzene rings is 2. The Balaban J connectivity index is 1.76. The molecule has 0 fully saturated rings. The van der Waals surface area contributed by atoms with E-state index in [4.69, 9.17) is 4.74 Å². The summed E-state index contributed by atoms with van der Waals surface area (Å²) in [5, 5.41) is 3.26. The van der Waals surface area contributed by atoms with Gasteiger partial charge in [-0.2, -0.15) is 0 Å². The lowest BCUT2D eigenvalue weighted by Gasteiger charge is -2.20. The minimum atomic E-state index is -0.500. The van der Waals surface area contributed by atoms with E-state index in [9.17, 15) is 9.59 Å². The number of ketones is 1. The smallest absolute Gasteiger partial charge is 0.343 e. The molecular weight excluding hydrogens is 302 g/mol. The summed E-state index contributed by atoms with van der Waals surface area (Å²) in [4.78, 5) is 24.4. The maximum atomic E-state index is 12.2. The van der Waals surface area contributed by atoms with Gasteiger partial charge in [-0.05, 0) is 30.5 Å². The van der Waals surface area contributed by atoms with E-state index in [0.29, 0.717) is 30.6 Å². The number of hydrogen-bond donors (Lipinski definition) is 1. The molecule has 0 bridgehead atoms. The van der Waals surface area contributed by atoms with Gasteiger partial charge in [-0.1, -0.05) is 48.5 Å². The second-order valence-electron chi connectivity index (χ2n) is 5.68. The van der Waals surface area contributed by atoms with Crippen molar-refractivity contribution in [3.8, 4) is 0 Å². The largest absolute Gasteiger partial charge is 0.417 e. The average molecular weight is 321 g/mol. The van der Waals surface area contributed by atoms with Gasteiger partial charge in [0.25, 0.3) is 0 Å². The van der Waals surface area contributed by atoms with E-state index in [1.165, 1.54) is 0 Å². The lowest BCUT2D eigenvalue weighted by Crippen LogP contribution is -2.25. The number of ether oxygens (including phenoxy) is 1. The van der Waals surface area contributed by atoms with Crippen LogP contribution in [0.25, 0.3) is 0 Å². The third-order valence-electron chi connectivity index (χ3n) is 3.91. The summed E-state index contributed by atoms with van der Waals surface area (Å²) in [6.45, 7) is 0.593. The van der Waals surface area contributed by atoms with Gasteiger partial charge in [0.05, 0.1) is 11.3 Å². The average Bonchev–Trinajstić information content (AvgIpc) is 2.63. The molecule has 24 heavy (non-hydrogen) atoms. The fraction of sp³-hybridized carbons (Fsp3) is 0.200. The van der Waals surface area contributed by atoms with Crippen LogP contribution in [0.15, 0.2) is 72.1 Å². The van der Waals surface area contributed by atoms with Crippen LogP contribution in [-0.2, 0) is 16.1 Å². The summed E-state index contributed by atoms with van der Waals surface area (Å²) in [7, 11) is 0. The van der Waals surface area contributed by atoms with Crippen LogP contribution in [0.3, 0.4) is 0 Å². The Morgan fingerprint density at radius 3 is 2.33 bits per heavy atom. The number of carbonyl (C=O) groups excluding carboxylic acids is 2. The zero-order valence-corrected chi connectivity index (χ0v) is 13.3. The van der Waals surface area contributed by atoms with Gasteiger partial charge in [0.15, 0.2) is 11.5 Å². The molecule has 0 radical (unpaired) electrons. The van der Waals surface area contributed by atoms with Crippen molar-refractivity contribution in [1.29, 1.82) is 0 Å². The maximum absolute atomic E-state index is 12.2. The third-order valence-corrected chi connectivity index (χ3v) is 3.91. The molecule has 0 aliphatic heterocycles. The Hall–Kier alpha value is -2.88. The highest BCUT2D eigenvalue weighted by atomic mass is 16.5. The Kier molecular flexibility index (Phi) is 5.06. The van der Waals surface area contributed by atoms with Crippen molar-refractivity contribution in [3.63, 3.8) is 0 Å². The quantitative estimate of drug-likeness (QED) is 0.855. The predicted molar refractivity (Wildman–Crippen MR) is 91.0 cm³/mol. The highest BCUT2D eigenvalue weighted by Gasteiger charge is 2.25. The molecule has 0 amide bonds. The molecule has 0 atom stereocenters. The summed E-state index contributed by atoms with van der Waals surface area (Å²) in [5.41, 5.74) is 2.25. The number of esters is 1. The van der Waals surface area contributed by atoms with Crippen LogP contribution < -0.4 is 5.32 Å². The Bertz CT molecular complexity index is 751. The lowest BCUT2D eigenvalue weighted by molar-refractivity contribution is -0.118. The molecule has 122 valence electrons. The van der Waals surface area contributed by atoms with Gasteiger partial charge in [0, 0.05) is 13.0 Å². The van der Waals surface area contributed by atoms with E-state index in [2.05, 4.69) is 5.32 Å². The number of rotatable bonds is 5. The van der Waals surface area contributed by atoms with E-state index in [1.807, 2.05) is 36.4 Å². The van der Waals surface area contributed by atoms with Gasteiger partial charge < -0.3 is 10.1 Å². The van der Waals surface area contributed by atoms with Gasteiger partial charge >= 0.3 is 5.97 Å². The summed E-state index contributed by atoms with van der Waals surface area (Å²) in [6.07, 6.45) is 1.88. The second kappa shape index (κ2) is 7.59. The first kappa shape index (κ1) is 16.0. The molecule has 0 aromatic heterocycles. The maximum Gasteiger partial charge on any atom is 0.343 e. The molecule has 2 aromatic carbocycles. The van der Waals surface area contributed by atoms with Crippen LogP contribution in [0, 0.1) is 0 Å². The van der Waals surface area contributed by atoms with Crippen molar-refractivity contribution in [2.75, 3.05) is 0 Å². The lowest BCUT2D eigenvalue weighted by atomic mass is 10.0. The van der Waals surface area contributed by atoms with Crippen molar-refractivity contribution in [2.45, 2.75) is 25.8 Å². The van der Waals surface area contributed by atoms with E-state index in [0.717, 1.165) is 12.0 Å². The zero-order chi connectivity index (χ0) is 16.8. The van der Waals surface area contributed by atoms with Crippen molar-refractivity contribution in [3.05, 3.63) is 83.2 Å². The minimum Gasteiger partial charge on any atom is -0.417 e. The molecule has 0 unspecified atom stereocenters. The Morgan fingerprint density at radius 2 is 1.62 bits per heavy atom. The SMILES string of the molecule is O=C1CCCC(NCc2ccccc2)=C1OC(=O)c1ccccc1. The molecule has 0 saturated carbocycles. The first-order valence-corrected chi connectivity index (χ1v) is 8.05. The van der Waals surface area contributed by atoms with Crippen LogP contribution in [0.4, 0.5) is 0 Å². The van der Waals surface area contributed by atoms with Crippen LogP contribution in [-0.4, -0.2) is 11.8 Å². The second-order valence-corrected chi connectivity index (χ2v) is 5.68. The summed E-state index contributed by atoms with van der Waals surface area (Å²) in [6, 6.07) is 18.6. The van der Waals surface area contributed by atoms with Crippen LogP contribution in [0.1, 0.15) is 35.2 Å². The van der Waals surface area contributed by atoms with Crippen molar-refractivity contribution in [1.82, 2.24) is 5.32 Å². The molecule has 1 aliphatic rings. The van der Waals surface area contributed by atoms with E-state index < -0.39 is 5.97 Å². The minimum absolute atomic E-state index is 0.124. The number of allylic oxidation sites excluding steroid dienone is 2. The molecular formula is C20H19NO3. The third kappa shape index (κ3) is 3.90. The summed E-state index contributed by atoms with van der Waals surface area (Å²) < 4.78 is 5.42. The number of carbonyl (C=O) groups is 2. The van der Waals surface area contributed by atoms with Gasteiger partial charge in [-0.25, -0.2) is 4.79 Å². The highest BCUT2D eigenvalue weighted by Crippen LogP contribution is 2.22. The zero-order valence-electron chi connectivity index (χ0n) is 13.3. The van der Waals surface area contributed by atoms with E-state index in [1.54, 1.807) is 24.3 Å². The molecule has 2 aromatic rings. The molecule has 1 N–H and O–H groups in total. The highest BCUT2D eigenvalue weighted by molar-refractivity contribution is 5.99. The topological polar surface area (TPSA) is 55.4 Å². The number of hydrogen-bond acceptors (Lipinski definition) is 4. The fourth-order valence-corrected chi connectivity index (χ4v) is 2.64. The van der Waals surface area contributed by atoms with E-state index in [-0.39, 0.29) is 11.5 Å². The van der Waals surface area contributed by atoms with Gasteiger partial charge in [-0.3, -0.25) is 4.79 Å². The van der Waals surface area contributed by atoms with Gasteiger partial charge in [-0.15, -0.1) is 0 Å². The molecule has 1 aliphatic carbocycles. The van der Waals surface area contributed by atoms with Gasteiger partial charge in [0.1, 0.15) is 0 Å². The van der Waals surface area contributed by atoms with E-state index >= 15 is 0 Å². The fourth-order valence-electron chi connectivity index (χ4n) is 2.64. The molecule has 4 heteroatoms.